The van der Waals surface area contributed by atoms with E-state index in [2.05, 4.69) is 34.3 Å². The van der Waals surface area contributed by atoms with Crippen molar-refractivity contribution in [3.8, 4) is 0 Å². The third kappa shape index (κ3) is 1.70. The highest BCUT2D eigenvalue weighted by Crippen LogP contribution is 2.46. The molecule has 0 spiro atoms. The summed E-state index contributed by atoms with van der Waals surface area (Å²) in [5.41, 5.74) is 0.811. The number of allylic oxidation sites excluding steroid dienone is 1. The summed E-state index contributed by atoms with van der Waals surface area (Å²) in [5, 5.41) is 7.13. The van der Waals surface area contributed by atoms with Crippen molar-refractivity contribution in [1.82, 2.24) is 0 Å². The van der Waals surface area contributed by atoms with E-state index in [0.717, 1.165) is 11.8 Å². The first-order valence-corrected chi connectivity index (χ1v) is 4.67. The summed E-state index contributed by atoms with van der Waals surface area (Å²) < 4.78 is 5.87. The Morgan fingerprint density at radius 1 is 1.46 bits per heavy atom. The summed E-state index contributed by atoms with van der Waals surface area (Å²) in [6.45, 7) is 12.4. The molecule has 0 aromatic rings. The van der Waals surface area contributed by atoms with Crippen molar-refractivity contribution in [2.45, 2.75) is 39.6 Å². The van der Waals surface area contributed by atoms with Crippen molar-refractivity contribution in [3.63, 3.8) is 0 Å². The second-order valence-corrected chi connectivity index (χ2v) is 4.92. The zero-order chi connectivity index (χ0) is 10.3. The molecule has 0 unspecified atom stereocenters. The van der Waals surface area contributed by atoms with Gasteiger partial charge in [-0.1, -0.05) is 13.8 Å². The molecular formula is C10H18BNO. The summed E-state index contributed by atoms with van der Waals surface area (Å²) in [4.78, 5) is 0. The third-order valence-corrected chi connectivity index (χ3v) is 3.36. The first-order chi connectivity index (χ1) is 5.80. The third-order valence-electron chi connectivity index (χ3n) is 3.36. The van der Waals surface area contributed by atoms with E-state index >= 15 is 0 Å². The fourth-order valence-electron chi connectivity index (χ4n) is 1.57. The van der Waals surface area contributed by atoms with Crippen LogP contribution >= 0.6 is 0 Å². The molecule has 1 heterocycles. The second-order valence-electron chi connectivity index (χ2n) is 4.92. The fraction of sp³-hybridized carbons (Fsp3) is 0.700. The summed E-state index contributed by atoms with van der Waals surface area (Å²) in [6, 6.07) is 0. The van der Waals surface area contributed by atoms with Crippen molar-refractivity contribution in [2.75, 3.05) is 0 Å². The zero-order valence-corrected chi connectivity index (χ0v) is 8.98. The molecule has 1 aliphatic rings. The van der Waals surface area contributed by atoms with Gasteiger partial charge in [-0.25, -0.2) is 0 Å². The predicted molar refractivity (Wildman–Crippen MR) is 57.4 cm³/mol. The summed E-state index contributed by atoms with van der Waals surface area (Å²) >= 11 is 0. The van der Waals surface area contributed by atoms with Crippen LogP contribution in [-0.2, 0) is 4.65 Å². The van der Waals surface area contributed by atoms with Gasteiger partial charge in [-0.2, -0.15) is 0 Å². The van der Waals surface area contributed by atoms with Gasteiger partial charge in [0.1, 0.15) is 0 Å². The Labute approximate surface area is 81.0 Å². The number of rotatable bonds is 2. The first-order valence-electron chi connectivity index (χ1n) is 4.67. The highest BCUT2D eigenvalue weighted by Gasteiger charge is 2.49. The molecule has 2 nitrogen and oxygen atoms in total. The van der Waals surface area contributed by atoms with Crippen LogP contribution in [-0.4, -0.2) is 18.7 Å². The lowest BCUT2D eigenvalue weighted by atomic mass is 9.54. The lowest BCUT2D eigenvalue weighted by Gasteiger charge is -2.34. The molecule has 0 atom stereocenters. The van der Waals surface area contributed by atoms with Crippen molar-refractivity contribution in [2.24, 2.45) is 5.41 Å². The van der Waals surface area contributed by atoms with E-state index in [1.165, 1.54) is 6.21 Å². The van der Waals surface area contributed by atoms with Gasteiger partial charge in [0.25, 0.3) is 0 Å². The van der Waals surface area contributed by atoms with E-state index in [9.17, 15) is 0 Å². The van der Waals surface area contributed by atoms with Gasteiger partial charge in [0, 0.05) is 6.21 Å². The van der Waals surface area contributed by atoms with Gasteiger partial charge in [0.2, 0.25) is 0 Å². The summed E-state index contributed by atoms with van der Waals surface area (Å²) in [7, 11) is 0. The number of nitrogens with one attached hydrogen (secondary N) is 1. The zero-order valence-electron chi connectivity index (χ0n) is 8.98. The van der Waals surface area contributed by atoms with E-state index in [1.54, 1.807) is 0 Å². The van der Waals surface area contributed by atoms with Crippen molar-refractivity contribution >= 4 is 13.1 Å². The molecule has 0 aromatic carbocycles. The average molecular weight is 179 g/mol. The quantitative estimate of drug-likeness (QED) is 0.512. The van der Waals surface area contributed by atoms with E-state index in [-0.39, 0.29) is 17.9 Å². The first kappa shape index (κ1) is 10.5. The SMILES string of the molecule is C=C(C=N)B1CC(C)(C)C(C)(C)O1. The molecule has 3 heteroatoms. The summed E-state index contributed by atoms with van der Waals surface area (Å²) in [5.74, 6) is 0. The van der Waals surface area contributed by atoms with Crippen LogP contribution < -0.4 is 0 Å². The Balaban J connectivity index is 2.82. The molecule has 0 bridgehead atoms. The average Bonchev–Trinajstić information content (AvgIpc) is 2.20. The van der Waals surface area contributed by atoms with Gasteiger partial charge in [0.15, 0.2) is 0 Å². The van der Waals surface area contributed by atoms with Gasteiger partial charge in [-0.15, -0.1) is 6.58 Å². The topological polar surface area (TPSA) is 33.1 Å². The Morgan fingerprint density at radius 3 is 2.31 bits per heavy atom. The Kier molecular flexibility index (Phi) is 2.41. The van der Waals surface area contributed by atoms with E-state index in [4.69, 9.17) is 10.1 Å². The minimum absolute atomic E-state index is 0.0301. The Hall–Kier alpha value is -0.565. The normalized spacial score (nSPS) is 24.5. The highest BCUT2D eigenvalue weighted by atomic mass is 16.5. The molecule has 0 radical (unpaired) electrons. The second kappa shape index (κ2) is 2.98. The monoisotopic (exact) mass is 179 g/mol. The van der Waals surface area contributed by atoms with Crippen LogP contribution in [0, 0.1) is 10.8 Å². The molecule has 0 amide bonds. The molecule has 0 aliphatic carbocycles. The highest BCUT2D eigenvalue weighted by molar-refractivity contribution is 6.66. The fourth-order valence-corrected chi connectivity index (χ4v) is 1.57. The van der Waals surface area contributed by atoms with Gasteiger partial charge in [-0.05, 0) is 31.1 Å². The molecule has 0 aromatic heterocycles. The largest absolute Gasteiger partial charge is 0.425 e. The maximum absolute atomic E-state index is 7.13. The molecular weight excluding hydrogens is 161 g/mol. The van der Waals surface area contributed by atoms with Gasteiger partial charge < -0.3 is 10.1 Å². The lowest BCUT2D eigenvalue weighted by molar-refractivity contribution is 0.0372. The molecule has 1 rings (SSSR count). The van der Waals surface area contributed by atoms with Crippen molar-refractivity contribution in [1.29, 1.82) is 5.41 Å². The lowest BCUT2D eigenvalue weighted by Crippen LogP contribution is -2.34. The van der Waals surface area contributed by atoms with Gasteiger partial charge in [0.05, 0.1) is 5.60 Å². The van der Waals surface area contributed by atoms with Gasteiger partial charge in [-0.3, -0.25) is 0 Å². The molecule has 13 heavy (non-hydrogen) atoms. The molecule has 1 N–H and O–H groups in total. The molecule has 1 saturated heterocycles. The van der Waals surface area contributed by atoms with E-state index in [0.29, 0.717) is 0 Å². The van der Waals surface area contributed by atoms with Crippen LogP contribution in [0.5, 0.6) is 0 Å². The molecule has 72 valence electrons. The Morgan fingerprint density at radius 2 is 2.00 bits per heavy atom. The van der Waals surface area contributed by atoms with Crippen molar-refractivity contribution in [3.05, 3.63) is 12.1 Å². The maximum atomic E-state index is 7.13. The van der Waals surface area contributed by atoms with Crippen LogP contribution in [0.15, 0.2) is 12.1 Å². The van der Waals surface area contributed by atoms with Crippen LogP contribution in [0.25, 0.3) is 0 Å². The molecule has 0 saturated carbocycles. The van der Waals surface area contributed by atoms with Crippen LogP contribution in [0.4, 0.5) is 0 Å². The predicted octanol–water partition coefficient (Wildman–Crippen LogP) is 2.56. The minimum atomic E-state index is -0.121. The standard InChI is InChI=1S/C10H18BNO/c1-8(6-12)11-7-9(2,3)10(4,5)13-11/h6,12H,1,7H2,2-5H3. The van der Waals surface area contributed by atoms with Crippen LogP contribution in [0.1, 0.15) is 27.7 Å². The van der Waals surface area contributed by atoms with E-state index in [1.807, 2.05) is 0 Å². The molecule has 1 aliphatic heterocycles. The summed E-state index contributed by atoms with van der Waals surface area (Å²) in [6.07, 6.45) is 2.25. The van der Waals surface area contributed by atoms with E-state index < -0.39 is 0 Å². The number of hydrogen-bond acceptors (Lipinski definition) is 2. The van der Waals surface area contributed by atoms with Crippen molar-refractivity contribution < 1.29 is 4.65 Å². The maximum Gasteiger partial charge on any atom is 0.328 e. The van der Waals surface area contributed by atoms with Gasteiger partial charge >= 0.3 is 6.92 Å². The van der Waals surface area contributed by atoms with Crippen LogP contribution in [0.3, 0.4) is 0 Å². The van der Waals surface area contributed by atoms with Crippen LogP contribution in [0.2, 0.25) is 6.32 Å². The number of hydrogen-bond donors (Lipinski definition) is 1. The smallest absolute Gasteiger partial charge is 0.328 e. The Bertz CT molecular complexity index is 229. The minimum Gasteiger partial charge on any atom is -0.425 e. The molecule has 1 fully saturated rings.